The van der Waals surface area contributed by atoms with E-state index in [1.54, 1.807) is 0 Å². The van der Waals surface area contributed by atoms with Crippen LogP contribution < -0.4 is 0 Å². The first-order chi connectivity index (χ1) is 10.5. The van der Waals surface area contributed by atoms with E-state index in [0.29, 0.717) is 0 Å². The highest BCUT2D eigenvalue weighted by molar-refractivity contribution is 4.96. The van der Waals surface area contributed by atoms with E-state index in [4.69, 9.17) is 0 Å². The van der Waals surface area contributed by atoms with Crippen molar-refractivity contribution in [2.24, 2.45) is 0 Å². The molecular weight excluding hydrogens is 301 g/mol. The molecule has 120 valence electrons. The monoisotopic (exact) mass is 316 g/mol. The van der Waals surface area contributed by atoms with Crippen molar-refractivity contribution in [1.82, 2.24) is 40.3 Å². The number of alkyl halides is 3. The van der Waals surface area contributed by atoms with Gasteiger partial charge in [-0.25, -0.2) is 9.67 Å². The van der Waals surface area contributed by atoms with Crippen LogP contribution in [0, 0.1) is 0 Å². The van der Waals surface area contributed by atoms with Gasteiger partial charge in [0.05, 0.1) is 12.6 Å². The molecule has 1 fully saturated rings. The highest BCUT2D eigenvalue weighted by Gasteiger charge is 2.32. The molecule has 1 aliphatic heterocycles. The normalized spacial score (nSPS) is 20.4. The number of hydrogen-bond donors (Lipinski definition) is 1. The topological polar surface area (TPSA) is 88.4 Å². The van der Waals surface area contributed by atoms with Crippen LogP contribution in [0.15, 0.2) is 6.33 Å². The smallest absolute Gasteiger partial charge is 0.286 e. The van der Waals surface area contributed by atoms with E-state index < -0.39 is 12.7 Å². The number of likely N-dealkylation sites (tertiary alicyclic amines) is 1. The lowest BCUT2D eigenvalue weighted by Crippen LogP contribution is -2.35. The maximum Gasteiger partial charge on any atom is 0.408 e. The van der Waals surface area contributed by atoms with Crippen LogP contribution in [0.1, 0.15) is 37.0 Å². The number of aromatic nitrogens is 7. The number of piperidine rings is 1. The number of aromatic amines is 1. The summed E-state index contributed by atoms with van der Waals surface area (Å²) in [6, 6.07) is -0.00714. The average Bonchev–Trinajstić information content (AvgIpc) is 3.10. The number of H-pyrrole nitrogens is 1. The first-order valence-corrected chi connectivity index (χ1v) is 6.94. The highest BCUT2D eigenvalue weighted by atomic mass is 19.4. The van der Waals surface area contributed by atoms with Gasteiger partial charge in [0, 0.05) is 0 Å². The minimum absolute atomic E-state index is 0.00714. The largest absolute Gasteiger partial charge is 0.408 e. The van der Waals surface area contributed by atoms with Gasteiger partial charge >= 0.3 is 6.18 Å². The Morgan fingerprint density at radius 1 is 1.32 bits per heavy atom. The number of hydrogen-bond acceptors (Lipinski definition) is 6. The molecule has 0 aliphatic carbocycles. The number of nitrogens with zero attached hydrogens (tertiary/aromatic N) is 7. The van der Waals surface area contributed by atoms with Crippen molar-refractivity contribution in [3.05, 3.63) is 18.0 Å². The van der Waals surface area contributed by atoms with Gasteiger partial charge in [-0.05, 0) is 29.8 Å². The first kappa shape index (κ1) is 14.9. The van der Waals surface area contributed by atoms with Crippen LogP contribution in [-0.4, -0.2) is 53.0 Å². The fourth-order valence-corrected chi connectivity index (χ4v) is 2.68. The van der Waals surface area contributed by atoms with E-state index in [2.05, 4.69) is 30.7 Å². The zero-order valence-electron chi connectivity index (χ0n) is 11.7. The number of halogens is 3. The van der Waals surface area contributed by atoms with Crippen LogP contribution >= 0.6 is 0 Å². The van der Waals surface area contributed by atoms with Crippen molar-refractivity contribution in [3.63, 3.8) is 0 Å². The van der Waals surface area contributed by atoms with Gasteiger partial charge in [0.2, 0.25) is 0 Å². The Balaban J connectivity index is 1.75. The van der Waals surface area contributed by atoms with E-state index >= 15 is 0 Å². The van der Waals surface area contributed by atoms with Gasteiger partial charge in [-0.1, -0.05) is 6.42 Å². The quantitative estimate of drug-likeness (QED) is 0.908. The van der Waals surface area contributed by atoms with Crippen LogP contribution in [0.25, 0.3) is 0 Å². The lowest BCUT2D eigenvalue weighted by atomic mass is 10.0. The number of rotatable bonds is 4. The molecular formula is C11H15F3N8. The van der Waals surface area contributed by atoms with Crippen LogP contribution in [-0.2, 0) is 13.1 Å². The van der Waals surface area contributed by atoms with Crippen molar-refractivity contribution < 1.29 is 13.2 Å². The summed E-state index contributed by atoms with van der Waals surface area (Å²) in [7, 11) is 0. The van der Waals surface area contributed by atoms with E-state index in [-0.39, 0.29) is 18.4 Å². The molecule has 1 atom stereocenters. The molecule has 1 N–H and O–H groups in total. The lowest BCUT2D eigenvalue weighted by molar-refractivity contribution is -0.143. The van der Waals surface area contributed by atoms with Gasteiger partial charge in [-0.15, -0.1) is 5.10 Å². The van der Waals surface area contributed by atoms with Crippen molar-refractivity contribution in [3.8, 4) is 0 Å². The Morgan fingerprint density at radius 3 is 2.91 bits per heavy atom. The third-order valence-electron chi connectivity index (χ3n) is 3.64. The van der Waals surface area contributed by atoms with E-state index in [9.17, 15) is 13.2 Å². The molecule has 11 heteroatoms. The summed E-state index contributed by atoms with van der Waals surface area (Å²) in [5.41, 5.74) is 0. The predicted molar refractivity (Wildman–Crippen MR) is 67.3 cm³/mol. The van der Waals surface area contributed by atoms with Gasteiger partial charge < -0.3 is 0 Å². The molecule has 2 aromatic rings. The number of tetrazole rings is 1. The van der Waals surface area contributed by atoms with Crippen molar-refractivity contribution in [2.45, 2.75) is 44.6 Å². The molecule has 2 aromatic heterocycles. The molecule has 3 rings (SSSR count). The molecule has 8 nitrogen and oxygen atoms in total. The zero-order valence-corrected chi connectivity index (χ0v) is 11.7. The molecule has 0 radical (unpaired) electrons. The molecule has 1 saturated heterocycles. The van der Waals surface area contributed by atoms with Crippen LogP contribution in [0.4, 0.5) is 13.2 Å². The average molecular weight is 316 g/mol. The Morgan fingerprint density at radius 2 is 2.18 bits per heavy atom. The molecule has 0 bridgehead atoms. The minimum atomic E-state index is -4.35. The number of nitrogens with one attached hydrogen (secondary N) is 1. The molecule has 22 heavy (non-hydrogen) atoms. The Hall–Kier alpha value is -2.04. The molecule has 0 saturated carbocycles. The van der Waals surface area contributed by atoms with Gasteiger partial charge in [0.1, 0.15) is 18.7 Å². The molecule has 0 amide bonds. The SMILES string of the molecule is FC(F)(F)Cn1nnnc1CN1CCCC[C@@H]1c1ncn[nH]1. The second-order valence-electron chi connectivity index (χ2n) is 5.22. The van der Waals surface area contributed by atoms with Gasteiger partial charge in [0.15, 0.2) is 5.82 Å². The Kier molecular flexibility index (Phi) is 4.05. The van der Waals surface area contributed by atoms with Crippen molar-refractivity contribution in [2.75, 3.05) is 6.54 Å². The summed E-state index contributed by atoms with van der Waals surface area (Å²) in [6.45, 7) is -0.186. The van der Waals surface area contributed by atoms with E-state index in [1.807, 2.05) is 4.90 Å². The summed E-state index contributed by atoms with van der Waals surface area (Å²) in [4.78, 5) is 6.18. The van der Waals surface area contributed by atoms with E-state index in [1.165, 1.54) is 6.33 Å². The van der Waals surface area contributed by atoms with Crippen LogP contribution in [0.5, 0.6) is 0 Å². The van der Waals surface area contributed by atoms with Gasteiger partial charge in [-0.2, -0.15) is 18.3 Å². The Labute approximate surface area is 123 Å². The van der Waals surface area contributed by atoms with Gasteiger partial charge in [0.25, 0.3) is 0 Å². The summed E-state index contributed by atoms with van der Waals surface area (Å²) in [6.07, 6.45) is -0.0386. The van der Waals surface area contributed by atoms with Crippen molar-refractivity contribution in [1.29, 1.82) is 0 Å². The summed E-state index contributed by atoms with van der Waals surface area (Å²) in [5.74, 6) is 0.915. The highest BCUT2D eigenvalue weighted by Crippen LogP contribution is 2.29. The second-order valence-corrected chi connectivity index (χ2v) is 5.22. The second kappa shape index (κ2) is 5.99. The fourth-order valence-electron chi connectivity index (χ4n) is 2.68. The zero-order chi connectivity index (χ0) is 15.6. The third-order valence-corrected chi connectivity index (χ3v) is 3.64. The summed E-state index contributed by atoms with van der Waals surface area (Å²) < 4.78 is 38.4. The van der Waals surface area contributed by atoms with Crippen LogP contribution in [0.2, 0.25) is 0 Å². The molecule has 3 heterocycles. The standard InChI is InChI=1S/C11H15F3N8/c12-11(13,14)6-22-9(17-19-20-22)5-21-4-2-1-3-8(21)10-15-7-16-18-10/h7-8H,1-6H2,(H,15,16,18)/t8-/m1/s1. The Bertz CT molecular complexity index is 593. The molecule has 0 unspecified atom stereocenters. The lowest BCUT2D eigenvalue weighted by Gasteiger charge is -2.33. The third kappa shape index (κ3) is 3.40. The predicted octanol–water partition coefficient (Wildman–Crippen LogP) is 1.08. The maximum absolute atomic E-state index is 12.5. The fraction of sp³-hybridized carbons (Fsp3) is 0.727. The first-order valence-electron chi connectivity index (χ1n) is 6.94. The molecule has 1 aliphatic rings. The van der Waals surface area contributed by atoms with Gasteiger partial charge in [-0.3, -0.25) is 10.00 Å². The summed E-state index contributed by atoms with van der Waals surface area (Å²) in [5, 5.41) is 17.2. The minimum Gasteiger partial charge on any atom is -0.286 e. The molecule has 0 spiro atoms. The molecule has 0 aromatic carbocycles. The summed E-state index contributed by atoms with van der Waals surface area (Å²) >= 11 is 0. The van der Waals surface area contributed by atoms with Crippen molar-refractivity contribution >= 4 is 0 Å². The van der Waals surface area contributed by atoms with Crippen LogP contribution in [0.3, 0.4) is 0 Å². The maximum atomic E-state index is 12.5. The van der Waals surface area contributed by atoms with E-state index in [0.717, 1.165) is 36.3 Å².